The number of piperidine rings is 1. The molecule has 1 aliphatic rings. The minimum atomic E-state index is -0.649. The molecule has 0 atom stereocenters. The zero-order chi connectivity index (χ0) is 16.7. The third kappa shape index (κ3) is 3.01. The minimum Gasteiger partial charge on any atom is -0.458 e. The Kier molecular flexibility index (Phi) is 3.97. The van der Waals surface area contributed by atoms with Crippen molar-refractivity contribution in [2.75, 3.05) is 18.8 Å². The van der Waals surface area contributed by atoms with Crippen LogP contribution in [-0.4, -0.2) is 34.1 Å². The van der Waals surface area contributed by atoms with E-state index in [1.54, 1.807) is 11.3 Å². The molecule has 2 N–H and O–H groups in total. The van der Waals surface area contributed by atoms with Crippen molar-refractivity contribution in [1.82, 2.24) is 14.9 Å². The maximum absolute atomic E-state index is 13.3. The molecule has 4 heterocycles. The first kappa shape index (κ1) is 15.5. The molecule has 0 aliphatic carbocycles. The number of aromatic nitrogens is 2. The molecular weight excluding hydrogens is 327 g/mol. The Balaban J connectivity index is 1.61. The molecule has 1 saturated heterocycles. The van der Waals surface area contributed by atoms with E-state index in [0.717, 1.165) is 35.6 Å². The summed E-state index contributed by atoms with van der Waals surface area (Å²) in [6, 6.07) is 5.78. The Bertz CT molecular complexity index is 867. The predicted molar refractivity (Wildman–Crippen MR) is 93.7 cm³/mol. The second-order valence-electron chi connectivity index (χ2n) is 6.23. The Hall–Kier alpha value is -1.99. The van der Waals surface area contributed by atoms with E-state index >= 15 is 0 Å². The number of nitrogen functional groups attached to an aromatic ring is 1. The van der Waals surface area contributed by atoms with Crippen molar-refractivity contribution >= 4 is 27.4 Å². The van der Waals surface area contributed by atoms with Crippen LogP contribution in [0.1, 0.15) is 23.5 Å². The molecular formula is C17H19FN4OS. The maximum Gasteiger partial charge on any atom is 0.199 e. The van der Waals surface area contributed by atoms with Gasteiger partial charge in [0, 0.05) is 24.5 Å². The van der Waals surface area contributed by atoms with E-state index in [0.29, 0.717) is 30.2 Å². The number of likely N-dealkylation sites (tertiary alicyclic amines) is 1. The average molecular weight is 346 g/mol. The number of furan rings is 1. The van der Waals surface area contributed by atoms with Gasteiger partial charge >= 0.3 is 0 Å². The smallest absolute Gasteiger partial charge is 0.199 e. The molecule has 0 unspecified atom stereocenters. The van der Waals surface area contributed by atoms with Crippen molar-refractivity contribution in [3.63, 3.8) is 0 Å². The van der Waals surface area contributed by atoms with Gasteiger partial charge in [-0.1, -0.05) is 0 Å². The van der Waals surface area contributed by atoms with Gasteiger partial charge in [0.2, 0.25) is 0 Å². The first-order chi connectivity index (χ1) is 11.6. The number of halogens is 1. The van der Waals surface area contributed by atoms with Gasteiger partial charge in [-0.3, -0.25) is 4.90 Å². The molecule has 1 aliphatic heterocycles. The number of thiophene rings is 1. The molecule has 0 radical (unpaired) electrons. The largest absolute Gasteiger partial charge is 0.458 e. The van der Waals surface area contributed by atoms with Gasteiger partial charge in [0.15, 0.2) is 11.6 Å². The Labute approximate surface area is 143 Å². The summed E-state index contributed by atoms with van der Waals surface area (Å²) in [5.41, 5.74) is 6.12. The number of nitrogens with two attached hydrogens (primary N) is 1. The first-order valence-electron chi connectivity index (χ1n) is 8.07. The van der Waals surface area contributed by atoms with E-state index in [1.165, 1.54) is 4.88 Å². The van der Waals surface area contributed by atoms with E-state index in [9.17, 15) is 4.39 Å². The van der Waals surface area contributed by atoms with Crippen molar-refractivity contribution in [3.8, 4) is 11.6 Å². The van der Waals surface area contributed by atoms with Crippen LogP contribution in [-0.2, 0) is 6.54 Å². The Morgan fingerprint density at radius 3 is 2.83 bits per heavy atom. The summed E-state index contributed by atoms with van der Waals surface area (Å²) >= 11 is 1.61. The van der Waals surface area contributed by atoms with Crippen molar-refractivity contribution in [3.05, 3.63) is 28.8 Å². The molecule has 0 bridgehead atoms. The fraction of sp³-hybridized carbons (Fsp3) is 0.412. The molecule has 0 saturated carbocycles. The Morgan fingerprint density at radius 1 is 1.33 bits per heavy atom. The van der Waals surface area contributed by atoms with Crippen LogP contribution in [0.4, 0.5) is 10.2 Å². The number of alkyl halides is 1. The van der Waals surface area contributed by atoms with Gasteiger partial charge in [0.05, 0.1) is 5.39 Å². The number of anilines is 1. The summed E-state index contributed by atoms with van der Waals surface area (Å²) in [5.74, 6) is 2.42. The second kappa shape index (κ2) is 6.14. The fourth-order valence-electron chi connectivity index (χ4n) is 3.02. The highest BCUT2D eigenvalue weighted by molar-refractivity contribution is 7.18. The van der Waals surface area contributed by atoms with Crippen LogP contribution in [0.3, 0.4) is 0 Å². The summed E-state index contributed by atoms with van der Waals surface area (Å²) in [6.07, 6.45) is 0.591. The lowest BCUT2D eigenvalue weighted by molar-refractivity contribution is 0.146. The van der Waals surface area contributed by atoms with Crippen molar-refractivity contribution < 1.29 is 8.81 Å². The maximum atomic E-state index is 13.3. The van der Waals surface area contributed by atoms with Gasteiger partial charge in [0.25, 0.3) is 0 Å². The topological polar surface area (TPSA) is 68.2 Å². The standard InChI is InChI=1S/C17H19FN4OS/c1-10-2-3-14(23-10)16-20-15(19)13-8-12(24-17(13)21-16)9-22-6-4-11(18)5-7-22/h2-3,8,11H,4-7,9H2,1H3,(H2,19,20,21). The van der Waals surface area contributed by atoms with E-state index in [4.69, 9.17) is 10.2 Å². The zero-order valence-corrected chi connectivity index (χ0v) is 14.3. The average Bonchev–Trinajstić information content (AvgIpc) is 3.16. The molecule has 3 aromatic heterocycles. The van der Waals surface area contributed by atoms with Gasteiger partial charge in [-0.2, -0.15) is 0 Å². The van der Waals surface area contributed by atoms with Crippen LogP contribution in [0.15, 0.2) is 22.6 Å². The molecule has 0 spiro atoms. The highest BCUT2D eigenvalue weighted by Crippen LogP contribution is 2.31. The fourth-order valence-corrected chi connectivity index (χ4v) is 4.09. The van der Waals surface area contributed by atoms with Crippen LogP contribution >= 0.6 is 11.3 Å². The summed E-state index contributed by atoms with van der Waals surface area (Å²) in [7, 11) is 0. The summed E-state index contributed by atoms with van der Waals surface area (Å²) < 4.78 is 18.8. The van der Waals surface area contributed by atoms with Crippen LogP contribution in [0.2, 0.25) is 0 Å². The van der Waals surface area contributed by atoms with Crippen LogP contribution < -0.4 is 5.73 Å². The first-order valence-corrected chi connectivity index (χ1v) is 8.89. The number of nitrogens with zero attached hydrogens (tertiary/aromatic N) is 3. The normalized spacial score (nSPS) is 16.9. The molecule has 1 fully saturated rings. The van der Waals surface area contributed by atoms with Crippen LogP contribution in [0, 0.1) is 6.92 Å². The van der Waals surface area contributed by atoms with Gasteiger partial charge in [0.1, 0.15) is 22.6 Å². The lowest BCUT2D eigenvalue weighted by Gasteiger charge is -2.27. The third-order valence-electron chi connectivity index (χ3n) is 4.33. The molecule has 0 amide bonds. The van der Waals surface area contributed by atoms with Gasteiger partial charge in [-0.15, -0.1) is 11.3 Å². The van der Waals surface area contributed by atoms with Gasteiger partial charge in [-0.05, 0) is 38.0 Å². The lowest BCUT2D eigenvalue weighted by atomic mass is 10.1. The summed E-state index contributed by atoms with van der Waals surface area (Å²) in [4.78, 5) is 13.3. The summed E-state index contributed by atoms with van der Waals surface area (Å²) in [6.45, 7) is 4.29. The second-order valence-corrected chi connectivity index (χ2v) is 7.34. The molecule has 3 aromatic rings. The molecule has 24 heavy (non-hydrogen) atoms. The molecule has 4 rings (SSSR count). The van der Waals surface area contributed by atoms with Crippen molar-refractivity contribution in [2.24, 2.45) is 0 Å². The highest BCUT2D eigenvalue weighted by atomic mass is 32.1. The van der Waals surface area contributed by atoms with Gasteiger partial charge < -0.3 is 10.2 Å². The molecule has 7 heteroatoms. The van der Waals surface area contributed by atoms with E-state index in [1.807, 2.05) is 25.1 Å². The van der Waals surface area contributed by atoms with E-state index < -0.39 is 6.17 Å². The van der Waals surface area contributed by atoms with E-state index in [-0.39, 0.29) is 0 Å². The third-order valence-corrected chi connectivity index (χ3v) is 5.34. The molecule has 5 nitrogen and oxygen atoms in total. The number of hydrogen-bond donors (Lipinski definition) is 1. The number of hydrogen-bond acceptors (Lipinski definition) is 6. The predicted octanol–water partition coefficient (Wildman–Crippen LogP) is 3.78. The number of rotatable bonds is 3. The van der Waals surface area contributed by atoms with Crippen LogP contribution in [0.25, 0.3) is 21.8 Å². The van der Waals surface area contributed by atoms with Crippen LogP contribution in [0.5, 0.6) is 0 Å². The molecule has 0 aromatic carbocycles. The quantitative estimate of drug-likeness (QED) is 0.782. The van der Waals surface area contributed by atoms with Gasteiger partial charge in [-0.25, -0.2) is 14.4 Å². The SMILES string of the molecule is Cc1ccc(-c2nc(N)c3cc(CN4CCC(F)CC4)sc3n2)o1. The zero-order valence-electron chi connectivity index (χ0n) is 13.5. The van der Waals surface area contributed by atoms with Crippen molar-refractivity contribution in [2.45, 2.75) is 32.5 Å². The number of fused-ring (bicyclic) bond motifs is 1. The molecule has 126 valence electrons. The monoisotopic (exact) mass is 346 g/mol. The lowest BCUT2D eigenvalue weighted by Crippen LogP contribution is -2.33. The van der Waals surface area contributed by atoms with Crippen molar-refractivity contribution in [1.29, 1.82) is 0 Å². The highest BCUT2D eigenvalue weighted by Gasteiger charge is 2.20. The van der Waals surface area contributed by atoms with E-state index in [2.05, 4.69) is 14.9 Å². The minimum absolute atomic E-state index is 0.467. The number of aryl methyl sites for hydroxylation is 1. The summed E-state index contributed by atoms with van der Waals surface area (Å²) in [5, 5.41) is 0.877. The Morgan fingerprint density at radius 2 is 2.12 bits per heavy atom.